The summed E-state index contributed by atoms with van der Waals surface area (Å²) in [6, 6.07) is 13.2. The van der Waals surface area contributed by atoms with Crippen LogP contribution in [0.1, 0.15) is 5.56 Å². The van der Waals surface area contributed by atoms with Gasteiger partial charge in [0.05, 0.1) is 11.5 Å². The third-order valence-electron chi connectivity index (χ3n) is 2.68. The Morgan fingerprint density at radius 2 is 1.79 bits per heavy atom. The van der Waals surface area contributed by atoms with Crippen LogP contribution in [0.15, 0.2) is 48.5 Å². The van der Waals surface area contributed by atoms with Crippen molar-refractivity contribution in [1.29, 1.82) is 0 Å². The van der Waals surface area contributed by atoms with Crippen molar-refractivity contribution in [3.63, 3.8) is 0 Å². The number of nitrogens with zero attached hydrogens (tertiary/aromatic N) is 1. The Morgan fingerprint density at radius 3 is 2.53 bits per heavy atom. The van der Waals surface area contributed by atoms with E-state index in [2.05, 4.69) is 0 Å². The third-order valence-corrected chi connectivity index (χ3v) is 2.68. The van der Waals surface area contributed by atoms with E-state index in [9.17, 15) is 15.2 Å². The first kappa shape index (κ1) is 12.9. The van der Waals surface area contributed by atoms with Crippen molar-refractivity contribution in [3.8, 4) is 11.5 Å². The first-order chi connectivity index (χ1) is 9.18. The van der Waals surface area contributed by atoms with Gasteiger partial charge in [-0.15, -0.1) is 0 Å². The van der Waals surface area contributed by atoms with E-state index in [0.29, 0.717) is 17.7 Å². The lowest BCUT2D eigenvalue weighted by Gasteiger charge is -2.07. The van der Waals surface area contributed by atoms with Crippen LogP contribution in [0.5, 0.6) is 11.5 Å². The molecule has 0 heterocycles. The molecule has 5 heteroatoms. The summed E-state index contributed by atoms with van der Waals surface area (Å²) in [5.41, 5.74) is 0.700. The molecule has 0 saturated heterocycles. The molecule has 2 aromatic rings. The van der Waals surface area contributed by atoms with Gasteiger partial charge in [0.15, 0.2) is 11.5 Å². The van der Waals surface area contributed by atoms with Crippen LogP contribution in [0, 0.1) is 10.1 Å². The summed E-state index contributed by atoms with van der Waals surface area (Å²) >= 11 is 0. The summed E-state index contributed by atoms with van der Waals surface area (Å²) in [5.74, 6) is 0.436. The number of ether oxygens (including phenoxy) is 1. The molecule has 0 aromatic heterocycles. The van der Waals surface area contributed by atoms with E-state index in [1.165, 1.54) is 12.1 Å². The number of hydrogen-bond acceptors (Lipinski definition) is 4. The predicted molar refractivity (Wildman–Crippen MR) is 70.4 cm³/mol. The average molecular weight is 259 g/mol. The molecule has 0 amide bonds. The van der Waals surface area contributed by atoms with E-state index in [0.717, 1.165) is 0 Å². The molecule has 0 atom stereocenters. The van der Waals surface area contributed by atoms with E-state index < -0.39 is 4.92 Å². The summed E-state index contributed by atoms with van der Waals surface area (Å²) < 4.78 is 5.40. The molecule has 0 bridgehead atoms. The fourth-order valence-corrected chi connectivity index (χ4v) is 1.75. The average Bonchev–Trinajstić information content (AvgIpc) is 2.41. The van der Waals surface area contributed by atoms with Crippen LogP contribution in [0.4, 0.5) is 5.69 Å². The SMILES string of the molecule is O=[N+]([O-])c1ccccc1CCOc1ccccc1O. The number of benzene rings is 2. The minimum atomic E-state index is -0.407. The van der Waals surface area contributed by atoms with E-state index in [-0.39, 0.29) is 18.0 Å². The fraction of sp³-hybridized carbons (Fsp3) is 0.143. The van der Waals surface area contributed by atoms with E-state index in [1.807, 2.05) is 0 Å². The molecule has 0 aliphatic rings. The molecule has 5 nitrogen and oxygen atoms in total. The van der Waals surface area contributed by atoms with Crippen LogP contribution in [0.3, 0.4) is 0 Å². The third kappa shape index (κ3) is 3.22. The van der Waals surface area contributed by atoms with Gasteiger partial charge in [-0.05, 0) is 12.1 Å². The lowest BCUT2D eigenvalue weighted by molar-refractivity contribution is -0.385. The Bertz CT molecular complexity index is 583. The van der Waals surface area contributed by atoms with Crippen molar-refractivity contribution in [2.75, 3.05) is 6.61 Å². The molecule has 0 unspecified atom stereocenters. The number of aromatic hydroxyl groups is 1. The molecular weight excluding hydrogens is 246 g/mol. The van der Waals surface area contributed by atoms with Crippen molar-refractivity contribution in [3.05, 3.63) is 64.2 Å². The molecule has 0 radical (unpaired) electrons. The number of nitro benzene ring substituents is 1. The molecule has 0 fully saturated rings. The maximum absolute atomic E-state index is 10.8. The highest BCUT2D eigenvalue weighted by molar-refractivity contribution is 5.40. The van der Waals surface area contributed by atoms with Crippen LogP contribution in [0.2, 0.25) is 0 Å². The molecule has 19 heavy (non-hydrogen) atoms. The zero-order chi connectivity index (χ0) is 13.7. The Kier molecular flexibility index (Phi) is 3.97. The highest BCUT2D eigenvalue weighted by Crippen LogP contribution is 2.25. The number of para-hydroxylation sites is 3. The zero-order valence-electron chi connectivity index (χ0n) is 10.2. The zero-order valence-corrected chi connectivity index (χ0v) is 10.2. The fourth-order valence-electron chi connectivity index (χ4n) is 1.75. The van der Waals surface area contributed by atoms with Crippen LogP contribution in [-0.4, -0.2) is 16.6 Å². The van der Waals surface area contributed by atoms with Crippen LogP contribution in [-0.2, 0) is 6.42 Å². The van der Waals surface area contributed by atoms with Gasteiger partial charge in [-0.3, -0.25) is 10.1 Å². The van der Waals surface area contributed by atoms with E-state index >= 15 is 0 Å². The molecule has 98 valence electrons. The van der Waals surface area contributed by atoms with Crippen molar-refractivity contribution < 1.29 is 14.8 Å². The van der Waals surface area contributed by atoms with Gasteiger partial charge in [0, 0.05) is 18.1 Å². The smallest absolute Gasteiger partial charge is 0.272 e. The van der Waals surface area contributed by atoms with Gasteiger partial charge in [0.25, 0.3) is 5.69 Å². The lowest BCUT2D eigenvalue weighted by atomic mass is 10.1. The molecule has 0 aliphatic carbocycles. The maximum Gasteiger partial charge on any atom is 0.272 e. The first-order valence-corrected chi connectivity index (χ1v) is 5.81. The van der Waals surface area contributed by atoms with Gasteiger partial charge >= 0.3 is 0 Å². The topological polar surface area (TPSA) is 72.6 Å². The Labute approximate surface area is 110 Å². The van der Waals surface area contributed by atoms with Crippen LogP contribution >= 0.6 is 0 Å². The van der Waals surface area contributed by atoms with Gasteiger partial charge in [-0.2, -0.15) is 0 Å². The lowest BCUT2D eigenvalue weighted by Crippen LogP contribution is -2.04. The standard InChI is InChI=1S/C14H13NO4/c16-13-7-3-4-8-14(13)19-10-9-11-5-1-2-6-12(11)15(17)18/h1-8,16H,9-10H2. The van der Waals surface area contributed by atoms with Crippen molar-refractivity contribution in [2.45, 2.75) is 6.42 Å². The predicted octanol–water partition coefficient (Wildman–Crippen LogP) is 2.92. The Morgan fingerprint density at radius 1 is 1.11 bits per heavy atom. The van der Waals surface area contributed by atoms with Crippen molar-refractivity contribution in [1.82, 2.24) is 0 Å². The molecule has 0 aliphatic heterocycles. The quantitative estimate of drug-likeness (QED) is 0.661. The summed E-state index contributed by atoms with van der Waals surface area (Å²) in [4.78, 5) is 10.4. The van der Waals surface area contributed by atoms with Crippen LogP contribution in [0.25, 0.3) is 0 Å². The van der Waals surface area contributed by atoms with Crippen LogP contribution < -0.4 is 4.74 Å². The van der Waals surface area contributed by atoms with Gasteiger partial charge in [-0.1, -0.05) is 30.3 Å². The number of nitro groups is 1. The molecule has 2 aromatic carbocycles. The molecular formula is C14H13NO4. The Hall–Kier alpha value is -2.56. The summed E-state index contributed by atoms with van der Waals surface area (Å²) in [6.07, 6.45) is 0.408. The minimum absolute atomic E-state index is 0.0602. The van der Waals surface area contributed by atoms with Gasteiger partial charge in [0.2, 0.25) is 0 Å². The highest BCUT2D eigenvalue weighted by atomic mass is 16.6. The van der Waals surface area contributed by atoms with E-state index in [1.54, 1.807) is 36.4 Å². The molecule has 0 saturated carbocycles. The van der Waals surface area contributed by atoms with Gasteiger partial charge in [0.1, 0.15) is 0 Å². The summed E-state index contributed by atoms with van der Waals surface area (Å²) in [5, 5.41) is 20.4. The largest absolute Gasteiger partial charge is 0.504 e. The minimum Gasteiger partial charge on any atom is -0.504 e. The second-order valence-electron chi connectivity index (χ2n) is 3.95. The van der Waals surface area contributed by atoms with Gasteiger partial charge in [-0.25, -0.2) is 0 Å². The second-order valence-corrected chi connectivity index (χ2v) is 3.95. The summed E-state index contributed by atoms with van der Waals surface area (Å²) in [6.45, 7) is 0.266. The molecule has 2 rings (SSSR count). The first-order valence-electron chi connectivity index (χ1n) is 5.81. The van der Waals surface area contributed by atoms with Crippen molar-refractivity contribution >= 4 is 5.69 Å². The summed E-state index contributed by atoms with van der Waals surface area (Å²) in [7, 11) is 0. The monoisotopic (exact) mass is 259 g/mol. The second kappa shape index (κ2) is 5.86. The van der Waals surface area contributed by atoms with Gasteiger partial charge < -0.3 is 9.84 Å². The number of phenolic OH excluding ortho intramolecular Hbond substituents is 1. The number of rotatable bonds is 5. The molecule has 0 spiro atoms. The maximum atomic E-state index is 10.8. The number of phenols is 1. The van der Waals surface area contributed by atoms with E-state index in [4.69, 9.17) is 4.74 Å². The molecule has 1 N–H and O–H groups in total. The normalized spacial score (nSPS) is 10.1. The Balaban J connectivity index is 2.00. The number of hydrogen-bond donors (Lipinski definition) is 1. The van der Waals surface area contributed by atoms with Crippen molar-refractivity contribution in [2.24, 2.45) is 0 Å². The highest BCUT2D eigenvalue weighted by Gasteiger charge is 2.12.